The molecule has 3 nitrogen and oxygen atoms in total. The SMILES string of the molecule is CC(CN(Cc1ccccc1)c1ccccc1Cl)C(=O)O. The predicted octanol–water partition coefficient (Wildman–Crippen LogP) is 4.07. The van der Waals surface area contributed by atoms with Crippen molar-refractivity contribution < 1.29 is 9.90 Å². The van der Waals surface area contributed by atoms with Gasteiger partial charge in [-0.05, 0) is 17.7 Å². The molecule has 0 aliphatic heterocycles. The first-order chi connectivity index (χ1) is 10.1. The van der Waals surface area contributed by atoms with Crippen molar-refractivity contribution in [3.63, 3.8) is 0 Å². The zero-order chi connectivity index (χ0) is 15.2. The van der Waals surface area contributed by atoms with Gasteiger partial charge in [0, 0.05) is 13.1 Å². The zero-order valence-electron chi connectivity index (χ0n) is 11.9. The summed E-state index contributed by atoms with van der Waals surface area (Å²) >= 11 is 6.26. The number of carbonyl (C=O) groups is 1. The van der Waals surface area contributed by atoms with Gasteiger partial charge in [0.1, 0.15) is 0 Å². The molecule has 21 heavy (non-hydrogen) atoms. The molecule has 1 unspecified atom stereocenters. The fourth-order valence-corrected chi connectivity index (χ4v) is 2.42. The molecule has 0 bridgehead atoms. The number of halogens is 1. The highest BCUT2D eigenvalue weighted by Gasteiger charge is 2.18. The Kier molecular flexibility index (Phi) is 5.23. The first-order valence-corrected chi connectivity index (χ1v) is 7.22. The average molecular weight is 304 g/mol. The van der Waals surface area contributed by atoms with Gasteiger partial charge in [0.05, 0.1) is 16.6 Å². The summed E-state index contributed by atoms with van der Waals surface area (Å²) in [5.74, 6) is -1.27. The van der Waals surface area contributed by atoms with Gasteiger partial charge in [0.2, 0.25) is 0 Å². The topological polar surface area (TPSA) is 40.5 Å². The van der Waals surface area contributed by atoms with Gasteiger partial charge >= 0.3 is 5.97 Å². The summed E-state index contributed by atoms with van der Waals surface area (Å²) in [6.07, 6.45) is 0. The van der Waals surface area contributed by atoms with E-state index in [1.54, 1.807) is 6.92 Å². The lowest BCUT2D eigenvalue weighted by atomic mass is 10.1. The Bertz CT molecular complexity index is 601. The maximum Gasteiger partial charge on any atom is 0.308 e. The molecule has 0 aromatic heterocycles. The second kappa shape index (κ2) is 7.14. The van der Waals surface area contributed by atoms with Gasteiger partial charge in [-0.25, -0.2) is 0 Å². The number of carboxylic acid groups (broad SMARTS) is 1. The van der Waals surface area contributed by atoms with E-state index in [0.717, 1.165) is 11.3 Å². The number of para-hydroxylation sites is 1. The number of anilines is 1. The second-order valence-electron chi connectivity index (χ2n) is 5.06. The van der Waals surface area contributed by atoms with Gasteiger partial charge in [-0.1, -0.05) is 61.0 Å². The maximum absolute atomic E-state index is 11.1. The lowest BCUT2D eigenvalue weighted by Gasteiger charge is -2.27. The molecule has 0 saturated heterocycles. The van der Waals surface area contributed by atoms with Gasteiger partial charge < -0.3 is 10.0 Å². The van der Waals surface area contributed by atoms with E-state index in [1.807, 2.05) is 59.5 Å². The van der Waals surface area contributed by atoms with Crippen LogP contribution < -0.4 is 4.90 Å². The Balaban J connectivity index is 2.26. The third-order valence-corrected chi connectivity index (χ3v) is 3.64. The van der Waals surface area contributed by atoms with Crippen molar-refractivity contribution in [1.82, 2.24) is 0 Å². The quantitative estimate of drug-likeness (QED) is 0.874. The van der Waals surface area contributed by atoms with E-state index in [4.69, 9.17) is 16.7 Å². The minimum Gasteiger partial charge on any atom is -0.481 e. The molecular weight excluding hydrogens is 286 g/mol. The van der Waals surface area contributed by atoms with Crippen molar-refractivity contribution in [2.24, 2.45) is 5.92 Å². The van der Waals surface area contributed by atoms with E-state index in [0.29, 0.717) is 18.1 Å². The van der Waals surface area contributed by atoms with Gasteiger partial charge in [0.25, 0.3) is 0 Å². The highest BCUT2D eigenvalue weighted by molar-refractivity contribution is 6.33. The minimum absolute atomic E-state index is 0.411. The van der Waals surface area contributed by atoms with E-state index in [-0.39, 0.29) is 0 Å². The summed E-state index contributed by atoms with van der Waals surface area (Å²) < 4.78 is 0. The Morgan fingerprint density at radius 2 is 1.76 bits per heavy atom. The first-order valence-electron chi connectivity index (χ1n) is 6.84. The maximum atomic E-state index is 11.1. The van der Waals surface area contributed by atoms with Crippen molar-refractivity contribution in [3.05, 3.63) is 65.2 Å². The number of hydrogen-bond acceptors (Lipinski definition) is 2. The van der Waals surface area contributed by atoms with Crippen LogP contribution in [0.15, 0.2) is 54.6 Å². The number of benzene rings is 2. The molecule has 0 heterocycles. The molecule has 2 rings (SSSR count). The smallest absolute Gasteiger partial charge is 0.308 e. The number of rotatable bonds is 6. The van der Waals surface area contributed by atoms with Crippen LogP contribution in [-0.2, 0) is 11.3 Å². The Morgan fingerprint density at radius 3 is 2.38 bits per heavy atom. The predicted molar refractivity (Wildman–Crippen MR) is 85.7 cm³/mol. The van der Waals surface area contributed by atoms with Crippen molar-refractivity contribution in [2.75, 3.05) is 11.4 Å². The van der Waals surface area contributed by atoms with Gasteiger partial charge in [-0.15, -0.1) is 0 Å². The van der Waals surface area contributed by atoms with Crippen LogP contribution in [0.5, 0.6) is 0 Å². The number of aliphatic carboxylic acids is 1. The standard InChI is InChI=1S/C17H18ClNO2/c1-13(17(20)21)11-19(12-14-7-3-2-4-8-14)16-10-6-5-9-15(16)18/h2-10,13H,11-12H2,1H3,(H,20,21). The van der Waals surface area contributed by atoms with Crippen molar-refractivity contribution in [3.8, 4) is 0 Å². The van der Waals surface area contributed by atoms with Crippen molar-refractivity contribution in [2.45, 2.75) is 13.5 Å². The molecule has 0 aliphatic rings. The molecule has 0 aliphatic carbocycles. The molecule has 110 valence electrons. The Hall–Kier alpha value is -2.00. The fraction of sp³-hybridized carbons (Fsp3) is 0.235. The monoisotopic (exact) mass is 303 g/mol. The Labute approximate surface area is 129 Å². The van der Waals surface area contributed by atoms with Crippen LogP contribution in [0, 0.1) is 5.92 Å². The van der Waals surface area contributed by atoms with Crippen molar-refractivity contribution >= 4 is 23.3 Å². The van der Waals surface area contributed by atoms with E-state index in [9.17, 15) is 4.79 Å². The summed E-state index contributed by atoms with van der Waals surface area (Å²) in [6, 6.07) is 17.5. The van der Waals surface area contributed by atoms with Crippen LogP contribution in [0.1, 0.15) is 12.5 Å². The molecule has 0 radical (unpaired) electrons. The zero-order valence-corrected chi connectivity index (χ0v) is 12.6. The lowest BCUT2D eigenvalue weighted by molar-refractivity contribution is -0.140. The molecule has 0 spiro atoms. The normalized spacial score (nSPS) is 11.9. The summed E-state index contributed by atoms with van der Waals surface area (Å²) in [7, 11) is 0. The van der Waals surface area contributed by atoms with Gasteiger partial charge in [-0.3, -0.25) is 4.79 Å². The molecule has 1 atom stereocenters. The molecule has 0 amide bonds. The van der Waals surface area contributed by atoms with Crippen LogP contribution in [0.2, 0.25) is 5.02 Å². The minimum atomic E-state index is -0.805. The van der Waals surface area contributed by atoms with Crippen LogP contribution in [0.3, 0.4) is 0 Å². The molecule has 2 aromatic carbocycles. The van der Waals surface area contributed by atoms with E-state index in [2.05, 4.69) is 0 Å². The largest absolute Gasteiger partial charge is 0.481 e. The van der Waals surface area contributed by atoms with Crippen LogP contribution in [-0.4, -0.2) is 17.6 Å². The summed E-state index contributed by atoms with van der Waals surface area (Å²) in [5, 5.41) is 9.78. The molecule has 4 heteroatoms. The number of carboxylic acids is 1. The third-order valence-electron chi connectivity index (χ3n) is 3.33. The molecule has 0 fully saturated rings. The lowest BCUT2D eigenvalue weighted by Crippen LogP contribution is -2.31. The second-order valence-corrected chi connectivity index (χ2v) is 5.46. The number of nitrogens with zero attached hydrogens (tertiary/aromatic N) is 1. The summed E-state index contributed by atoms with van der Waals surface area (Å²) in [6.45, 7) is 2.74. The fourth-order valence-electron chi connectivity index (χ4n) is 2.17. The van der Waals surface area contributed by atoms with E-state index in [1.165, 1.54) is 0 Å². The third kappa shape index (κ3) is 4.23. The van der Waals surface area contributed by atoms with E-state index >= 15 is 0 Å². The summed E-state index contributed by atoms with van der Waals surface area (Å²) in [5.41, 5.74) is 1.98. The average Bonchev–Trinajstić information content (AvgIpc) is 2.48. The highest BCUT2D eigenvalue weighted by Crippen LogP contribution is 2.27. The summed E-state index contributed by atoms with van der Waals surface area (Å²) in [4.78, 5) is 13.2. The van der Waals surface area contributed by atoms with Crippen LogP contribution in [0.4, 0.5) is 5.69 Å². The van der Waals surface area contributed by atoms with Crippen LogP contribution in [0.25, 0.3) is 0 Å². The number of hydrogen-bond donors (Lipinski definition) is 1. The first kappa shape index (κ1) is 15.4. The van der Waals surface area contributed by atoms with E-state index < -0.39 is 11.9 Å². The van der Waals surface area contributed by atoms with Gasteiger partial charge in [-0.2, -0.15) is 0 Å². The highest BCUT2D eigenvalue weighted by atomic mass is 35.5. The molecule has 0 saturated carbocycles. The van der Waals surface area contributed by atoms with Crippen molar-refractivity contribution in [1.29, 1.82) is 0 Å². The van der Waals surface area contributed by atoms with Gasteiger partial charge in [0.15, 0.2) is 0 Å². The van der Waals surface area contributed by atoms with Crippen LogP contribution >= 0.6 is 11.6 Å². The molecule has 2 aromatic rings. The molecule has 1 N–H and O–H groups in total. The Morgan fingerprint density at radius 1 is 1.14 bits per heavy atom. The molecular formula is C17H18ClNO2.